The van der Waals surface area contributed by atoms with Gasteiger partial charge < -0.3 is 4.74 Å². The molecule has 2 aromatic rings. The molecule has 0 saturated heterocycles. The highest BCUT2D eigenvalue weighted by Crippen LogP contribution is 2.21. The lowest BCUT2D eigenvalue weighted by Crippen LogP contribution is -2.10. The van der Waals surface area contributed by atoms with Crippen molar-refractivity contribution in [3.8, 4) is 0 Å². The topological polar surface area (TPSA) is 39.2 Å². The lowest BCUT2D eigenvalue weighted by molar-refractivity contribution is -0.142. The second-order valence-electron chi connectivity index (χ2n) is 4.14. The van der Waals surface area contributed by atoms with Gasteiger partial charge in [-0.05, 0) is 12.5 Å². The molecule has 0 aliphatic rings. The first-order valence-electron chi connectivity index (χ1n) is 6.00. The minimum atomic E-state index is -0.212. The summed E-state index contributed by atoms with van der Waals surface area (Å²) in [4.78, 5) is 16.8. The molecule has 1 aromatic heterocycles. The second-order valence-corrected chi connectivity index (χ2v) is 5.95. The predicted molar refractivity (Wildman–Crippen MR) is 78.9 cm³/mol. The van der Waals surface area contributed by atoms with E-state index in [4.69, 9.17) is 4.74 Å². The molecule has 0 atom stereocenters. The van der Waals surface area contributed by atoms with Crippen LogP contribution in [0.2, 0.25) is 0 Å². The molecule has 3 nitrogen and oxygen atoms in total. The van der Waals surface area contributed by atoms with Crippen LogP contribution in [0.25, 0.3) is 0 Å². The fraction of sp³-hybridized carbons (Fsp3) is 0.286. The Labute approximate surface area is 122 Å². The van der Waals surface area contributed by atoms with E-state index in [-0.39, 0.29) is 12.4 Å². The van der Waals surface area contributed by atoms with Crippen molar-refractivity contribution in [2.45, 2.75) is 24.1 Å². The molecule has 0 aliphatic carbocycles. The van der Waals surface area contributed by atoms with Crippen molar-refractivity contribution < 1.29 is 9.53 Å². The number of aromatic nitrogens is 1. The van der Waals surface area contributed by atoms with Gasteiger partial charge in [-0.1, -0.05) is 30.3 Å². The van der Waals surface area contributed by atoms with Crippen LogP contribution in [-0.4, -0.2) is 17.6 Å². The van der Waals surface area contributed by atoms with Crippen molar-refractivity contribution in [2.75, 3.05) is 6.61 Å². The van der Waals surface area contributed by atoms with Crippen molar-refractivity contribution >= 4 is 29.9 Å². The number of nitrogens with zero attached hydrogens (tertiary/aromatic N) is 1. The highest BCUT2D eigenvalue weighted by molar-refractivity contribution is 7.82. The van der Waals surface area contributed by atoms with E-state index in [2.05, 4.69) is 17.6 Å². The van der Waals surface area contributed by atoms with Crippen LogP contribution in [0.15, 0.2) is 34.7 Å². The van der Waals surface area contributed by atoms with Crippen LogP contribution in [0, 0.1) is 6.92 Å². The number of esters is 1. The predicted octanol–water partition coefficient (Wildman–Crippen LogP) is 3.07. The number of aryl methyl sites for hydroxylation is 1. The number of rotatable bonds is 5. The van der Waals surface area contributed by atoms with E-state index in [0.29, 0.717) is 10.9 Å². The maximum Gasteiger partial charge on any atom is 0.311 e. The fourth-order valence-electron chi connectivity index (χ4n) is 1.69. The van der Waals surface area contributed by atoms with Gasteiger partial charge >= 0.3 is 5.97 Å². The summed E-state index contributed by atoms with van der Waals surface area (Å²) in [6.07, 6.45) is 1.02. The van der Waals surface area contributed by atoms with Gasteiger partial charge in [-0.3, -0.25) is 4.79 Å². The van der Waals surface area contributed by atoms with Gasteiger partial charge in [-0.2, -0.15) is 0 Å². The highest BCUT2D eigenvalue weighted by atomic mass is 32.2. The molecule has 0 radical (unpaired) electrons. The van der Waals surface area contributed by atoms with Gasteiger partial charge in [0.2, 0.25) is 0 Å². The lowest BCUT2D eigenvalue weighted by atomic mass is 10.2. The van der Waals surface area contributed by atoms with E-state index in [1.54, 1.807) is 0 Å². The van der Waals surface area contributed by atoms with E-state index in [9.17, 15) is 4.79 Å². The first-order valence-corrected chi connectivity index (χ1v) is 7.26. The van der Waals surface area contributed by atoms with Crippen LogP contribution in [0.5, 0.6) is 0 Å². The summed E-state index contributed by atoms with van der Waals surface area (Å²) in [7, 11) is 0. The smallest absolute Gasteiger partial charge is 0.311 e. The Morgan fingerprint density at radius 1 is 1.37 bits per heavy atom. The molecule has 0 unspecified atom stereocenters. The first-order chi connectivity index (χ1) is 9.15. The van der Waals surface area contributed by atoms with Crippen molar-refractivity contribution in [1.82, 2.24) is 4.98 Å². The number of thiol groups is 1. The Bertz CT molecular complexity index is 552. The molecule has 1 aromatic carbocycles. The summed E-state index contributed by atoms with van der Waals surface area (Å²) >= 11 is 5.60. The molecule has 0 bridgehead atoms. The Morgan fingerprint density at radius 2 is 2.11 bits per heavy atom. The third-order valence-electron chi connectivity index (χ3n) is 2.68. The third kappa shape index (κ3) is 4.36. The fourth-order valence-corrected chi connectivity index (χ4v) is 2.95. The summed E-state index contributed by atoms with van der Waals surface area (Å²) in [6.45, 7) is 2.29. The van der Waals surface area contributed by atoms with Gasteiger partial charge in [-0.15, -0.1) is 24.0 Å². The Hall–Kier alpha value is -1.33. The molecule has 1 heterocycles. The van der Waals surface area contributed by atoms with Crippen molar-refractivity contribution in [2.24, 2.45) is 0 Å². The van der Waals surface area contributed by atoms with Crippen molar-refractivity contribution in [3.05, 3.63) is 46.5 Å². The van der Waals surface area contributed by atoms with E-state index >= 15 is 0 Å². The minimum absolute atomic E-state index is 0.212. The SMILES string of the molecule is Cc1nc(S)sc1CC(=O)OCCc1ccccc1. The molecule has 0 N–H and O–H groups in total. The van der Waals surface area contributed by atoms with Crippen molar-refractivity contribution in [3.63, 3.8) is 0 Å². The van der Waals surface area contributed by atoms with E-state index in [1.807, 2.05) is 37.3 Å². The number of hydrogen-bond acceptors (Lipinski definition) is 5. The summed E-state index contributed by atoms with van der Waals surface area (Å²) < 4.78 is 5.91. The molecule has 0 aliphatic heterocycles. The van der Waals surface area contributed by atoms with Gasteiger partial charge in [-0.25, -0.2) is 4.98 Å². The first kappa shape index (κ1) is 14.1. The molecule has 0 amide bonds. The number of hydrogen-bond donors (Lipinski definition) is 1. The number of carbonyl (C=O) groups is 1. The highest BCUT2D eigenvalue weighted by Gasteiger charge is 2.11. The van der Waals surface area contributed by atoms with E-state index < -0.39 is 0 Å². The van der Waals surface area contributed by atoms with Crippen molar-refractivity contribution in [1.29, 1.82) is 0 Å². The van der Waals surface area contributed by atoms with E-state index in [1.165, 1.54) is 16.9 Å². The second kappa shape index (κ2) is 6.73. The number of ether oxygens (including phenoxy) is 1. The molecule has 0 fully saturated rings. The van der Waals surface area contributed by atoms with Crippen LogP contribution < -0.4 is 0 Å². The zero-order valence-electron chi connectivity index (χ0n) is 10.6. The summed E-state index contributed by atoms with van der Waals surface area (Å²) in [5.74, 6) is -0.212. The van der Waals surface area contributed by atoms with Crippen LogP contribution >= 0.6 is 24.0 Å². The summed E-state index contributed by atoms with van der Waals surface area (Å²) in [5, 5.41) is 0. The van der Waals surface area contributed by atoms with Crippen LogP contribution in [0.3, 0.4) is 0 Å². The number of thiazole rings is 1. The molecule has 0 spiro atoms. The van der Waals surface area contributed by atoms with Gasteiger partial charge in [0, 0.05) is 11.3 Å². The average Bonchev–Trinajstić information content (AvgIpc) is 2.69. The number of carbonyl (C=O) groups excluding carboxylic acids is 1. The monoisotopic (exact) mass is 293 g/mol. The summed E-state index contributed by atoms with van der Waals surface area (Å²) in [6, 6.07) is 9.97. The quantitative estimate of drug-likeness (QED) is 0.680. The normalized spacial score (nSPS) is 10.4. The largest absolute Gasteiger partial charge is 0.465 e. The zero-order valence-corrected chi connectivity index (χ0v) is 12.3. The minimum Gasteiger partial charge on any atom is -0.465 e. The third-order valence-corrected chi connectivity index (χ3v) is 4.02. The molecule has 5 heteroatoms. The maximum absolute atomic E-state index is 11.7. The van der Waals surface area contributed by atoms with Crippen LogP contribution in [-0.2, 0) is 22.4 Å². The maximum atomic E-state index is 11.7. The standard InChI is InChI=1S/C14H15NO2S2/c1-10-12(19-14(18)15-10)9-13(16)17-8-7-11-5-3-2-4-6-11/h2-6H,7-9H2,1H3,(H,15,18). The van der Waals surface area contributed by atoms with Gasteiger partial charge in [0.05, 0.1) is 18.7 Å². The zero-order chi connectivity index (χ0) is 13.7. The van der Waals surface area contributed by atoms with Crippen LogP contribution in [0.1, 0.15) is 16.1 Å². The van der Waals surface area contributed by atoms with Crippen LogP contribution in [0.4, 0.5) is 0 Å². The Balaban J connectivity index is 1.78. The van der Waals surface area contributed by atoms with Gasteiger partial charge in [0.25, 0.3) is 0 Å². The lowest BCUT2D eigenvalue weighted by Gasteiger charge is -2.04. The molecule has 19 heavy (non-hydrogen) atoms. The average molecular weight is 293 g/mol. The van der Waals surface area contributed by atoms with E-state index in [0.717, 1.165) is 17.0 Å². The van der Waals surface area contributed by atoms with Gasteiger partial charge in [0.1, 0.15) is 4.34 Å². The molecular weight excluding hydrogens is 278 g/mol. The van der Waals surface area contributed by atoms with Gasteiger partial charge in [0.15, 0.2) is 0 Å². The molecule has 2 rings (SSSR count). The molecular formula is C14H15NO2S2. The number of benzene rings is 1. The summed E-state index contributed by atoms with van der Waals surface area (Å²) in [5.41, 5.74) is 2.02. The molecule has 100 valence electrons. The molecule has 0 saturated carbocycles. The Morgan fingerprint density at radius 3 is 2.74 bits per heavy atom. The Kier molecular flexibility index (Phi) is 4.99.